The van der Waals surface area contributed by atoms with Crippen molar-refractivity contribution in [3.05, 3.63) is 41.7 Å². The van der Waals surface area contributed by atoms with E-state index in [9.17, 15) is 0 Å². The molecule has 10 nitrogen and oxygen atoms in total. The Morgan fingerprint density at radius 2 is 2.12 bits per heavy atom. The van der Waals surface area contributed by atoms with Crippen LogP contribution in [0.4, 0.5) is 0 Å². The minimum atomic E-state index is -0.175. The molecule has 0 radical (unpaired) electrons. The summed E-state index contributed by atoms with van der Waals surface area (Å²) in [7, 11) is 0. The number of hydrogen-bond donors (Lipinski definition) is 0. The number of tetrazole rings is 1. The summed E-state index contributed by atoms with van der Waals surface area (Å²) in [5, 5.41) is 15.5. The molecule has 126 valence electrons. The summed E-state index contributed by atoms with van der Waals surface area (Å²) in [5.41, 5.74) is 2.01. The van der Waals surface area contributed by atoms with Crippen molar-refractivity contribution in [3.8, 4) is 17.3 Å². The minimum absolute atomic E-state index is 0.175. The fraction of sp³-hybridized carbons (Fsp3) is 0.214. The lowest BCUT2D eigenvalue weighted by Crippen LogP contribution is -2.20. The second-order valence-electron chi connectivity index (χ2n) is 5.27. The summed E-state index contributed by atoms with van der Waals surface area (Å²) >= 11 is 3.41. The van der Waals surface area contributed by atoms with Gasteiger partial charge in [0.1, 0.15) is 28.4 Å². The molecule has 11 heteroatoms. The van der Waals surface area contributed by atoms with E-state index in [2.05, 4.69) is 51.5 Å². The smallest absolute Gasteiger partial charge is 0.233 e. The van der Waals surface area contributed by atoms with E-state index in [-0.39, 0.29) is 6.10 Å². The number of ether oxygens (including phenoxy) is 1. The molecular formula is C14H12BrN9O. The highest BCUT2D eigenvalue weighted by molar-refractivity contribution is 9.10. The van der Waals surface area contributed by atoms with Crippen LogP contribution in [0.5, 0.6) is 5.88 Å². The van der Waals surface area contributed by atoms with Gasteiger partial charge >= 0.3 is 0 Å². The lowest BCUT2D eigenvalue weighted by atomic mass is 10.3. The van der Waals surface area contributed by atoms with Crippen molar-refractivity contribution in [3.63, 3.8) is 0 Å². The number of hydrogen-bond acceptors (Lipinski definition) is 8. The molecule has 4 rings (SSSR count). The Labute approximate surface area is 150 Å². The van der Waals surface area contributed by atoms with Crippen molar-refractivity contribution in [1.29, 1.82) is 0 Å². The molecule has 0 aliphatic heterocycles. The van der Waals surface area contributed by atoms with Gasteiger partial charge in [-0.3, -0.25) is 4.98 Å². The molecule has 0 fully saturated rings. The summed E-state index contributed by atoms with van der Waals surface area (Å²) in [6.45, 7) is 2.41. The van der Waals surface area contributed by atoms with E-state index in [4.69, 9.17) is 4.74 Å². The summed E-state index contributed by atoms with van der Waals surface area (Å²) in [5.74, 6) is 0.407. The topological polar surface area (TPSA) is 109 Å². The summed E-state index contributed by atoms with van der Waals surface area (Å²) in [6, 6.07) is 3.70. The van der Waals surface area contributed by atoms with Gasteiger partial charge in [0.25, 0.3) is 0 Å². The Kier molecular flexibility index (Phi) is 4.06. The first-order valence-electron chi connectivity index (χ1n) is 7.39. The highest BCUT2D eigenvalue weighted by atomic mass is 79.9. The molecule has 1 unspecified atom stereocenters. The van der Waals surface area contributed by atoms with Crippen LogP contribution in [0, 0.1) is 0 Å². The molecule has 4 heterocycles. The van der Waals surface area contributed by atoms with Crippen molar-refractivity contribution in [2.45, 2.75) is 19.6 Å². The van der Waals surface area contributed by atoms with Crippen LogP contribution >= 0.6 is 15.9 Å². The average Bonchev–Trinajstić information content (AvgIpc) is 3.25. The van der Waals surface area contributed by atoms with E-state index < -0.39 is 0 Å². The van der Waals surface area contributed by atoms with Crippen LogP contribution in [0.25, 0.3) is 17.0 Å². The molecular weight excluding hydrogens is 390 g/mol. The Balaban J connectivity index is 1.56. The van der Waals surface area contributed by atoms with Gasteiger partial charge in [-0.25, -0.2) is 19.2 Å². The SMILES string of the molecule is CC(Cn1cnnn1)Oc1cncc(-c2ccc3ncc(Br)n3n2)n1. The Hall–Kier alpha value is -2.95. The van der Waals surface area contributed by atoms with E-state index in [1.54, 1.807) is 27.8 Å². The zero-order valence-corrected chi connectivity index (χ0v) is 14.6. The maximum absolute atomic E-state index is 5.80. The first-order chi connectivity index (χ1) is 12.2. The number of nitrogens with zero attached hydrogens (tertiary/aromatic N) is 9. The maximum atomic E-state index is 5.80. The van der Waals surface area contributed by atoms with Gasteiger partial charge in [0, 0.05) is 0 Å². The number of imidazole rings is 1. The molecule has 0 amide bonds. The average molecular weight is 402 g/mol. The third-order valence-electron chi connectivity index (χ3n) is 3.35. The molecule has 25 heavy (non-hydrogen) atoms. The van der Waals surface area contributed by atoms with Crippen LogP contribution in [-0.2, 0) is 6.54 Å². The van der Waals surface area contributed by atoms with Gasteiger partial charge in [-0.1, -0.05) is 0 Å². The lowest BCUT2D eigenvalue weighted by molar-refractivity contribution is 0.185. The first kappa shape index (κ1) is 15.6. The molecule has 0 N–H and O–H groups in total. The van der Waals surface area contributed by atoms with Crippen molar-refractivity contribution >= 4 is 21.6 Å². The normalized spacial score (nSPS) is 12.4. The first-order valence-corrected chi connectivity index (χ1v) is 8.18. The minimum Gasteiger partial charge on any atom is -0.472 e. The van der Waals surface area contributed by atoms with Crippen LogP contribution in [0.3, 0.4) is 0 Å². The molecule has 0 aromatic carbocycles. The summed E-state index contributed by atoms with van der Waals surface area (Å²) < 4.78 is 9.84. The molecule has 0 saturated heterocycles. The van der Waals surface area contributed by atoms with Gasteiger partial charge in [0.2, 0.25) is 5.88 Å². The third-order valence-corrected chi connectivity index (χ3v) is 3.89. The molecule has 0 spiro atoms. The van der Waals surface area contributed by atoms with E-state index in [0.717, 1.165) is 10.3 Å². The Morgan fingerprint density at radius 1 is 1.20 bits per heavy atom. The number of halogens is 1. The van der Waals surface area contributed by atoms with Gasteiger partial charge in [-0.15, -0.1) is 5.10 Å². The van der Waals surface area contributed by atoms with Crippen molar-refractivity contribution < 1.29 is 4.74 Å². The van der Waals surface area contributed by atoms with Crippen LogP contribution in [-0.4, -0.2) is 50.9 Å². The van der Waals surface area contributed by atoms with E-state index in [0.29, 0.717) is 23.8 Å². The van der Waals surface area contributed by atoms with E-state index in [1.807, 2.05) is 19.1 Å². The predicted molar refractivity (Wildman–Crippen MR) is 89.6 cm³/mol. The summed E-state index contributed by atoms with van der Waals surface area (Å²) in [4.78, 5) is 12.9. The second-order valence-corrected chi connectivity index (χ2v) is 6.08. The molecule has 0 bridgehead atoms. The van der Waals surface area contributed by atoms with Crippen molar-refractivity contribution in [1.82, 2.24) is 44.8 Å². The van der Waals surface area contributed by atoms with Gasteiger partial charge in [-0.2, -0.15) is 5.10 Å². The van der Waals surface area contributed by atoms with E-state index >= 15 is 0 Å². The van der Waals surface area contributed by atoms with Gasteiger partial charge < -0.3 is 4.74 Å². The van der Waals surface area contributed by atoms with Crippen molar-refractivity contribution in [2.75, 3.05) is 0 Å². The van der Waals surface area contributed by atoms with Crippen molar-refractivity contribution in [2.24, 2.45) is 0 Å². The highest BCUT2D eigenvalue weighted by Gasteiger charge is 2.11. The van der Waals surface area contributed by atoms with Crippen LogP contribution < -0.4 is 4.74 Å². The van der Waals surface area contributed by atoms with Gasteiger partial charge in [-0.05, 0) is 45.4 Å². The highest BCUT2D eigenvalue weighted by Crippen LogP contribution is 2.19. The van der Waals surface area contributed by atoms with Gasteiger partial charge in [0.15, 0.2) is 5.65 Å². The zero-order chi connectivity index (χ0) is 17.2. The fourth-order valence-corrected chi connectivity index (χ4v) is 2.64. The predicted octanol–water partition coefficient (Wildman–Crippen LogP) is 1.40. The lowest BCUT2D eigenvalue weighted by Gasteiger charge is -2.13. The van der Waals surface area contributed by atoms with Crippen LogP contribution in [0.2, 0.25) is 0 Å². The fourth-order valence-electron chi connectivity index (χ4n) is 2.28. The third kappa shape index (κ3) is 3.31. The molecule has 4 aromatic rings. The number of fused-ring (bicyclic) bond motifs is 1. The quantitative estimate of drug-likeness (QED) is 0.493. The van der Waals surface area contributed by atoms with Gasteiger partial charge in [0.05, 0.1) is 25.1 Å². The summed E-state index contributed by atoms with van der Waals surface area (Å²) in [6.07, 6.45) is 6.25. The number of rotatable bonds is 5. The standard InChI is InChI=1S/C14H12BrN9O/c1-9(7-23-8-18-21-22-23)25-14-6-16-4-11(19-14)10-2-3-13-17-5-12(15)24(13)20-10/h2-6,8-9H,7H2,1H3. The molecule has 4 aromatic heterocycles. The Bertz CT molecular complexity index is 1000. The maximum Gasteiger partial charge on any atom is 0.233 e. The van der Waals surface area contributed by atoms with Crippen LogP contribution in [0.15, 0.2) is 41.7 Å². The molecule has 0 aliphatic rings. The van der Waals surface area contributed by atoms with E-state index in [1.165, 1.54) is 6.33 Å². The number of aromatic nitrogens is 9. The molecule has 0 aliphatic carbocycles. The zero-order valence-electron chi connectivity index (χ0n) is 13.1. The van der Waals surface area contributed by atoms with Crippen LogP contribution in [0.1, 0.15) is 6.92 Å². The molecule has 1 atom stereocenters. The molecule has 0 saturated carbocycles. The second kappa shape index (κ2) is 6.51. The Morgan fingerprint density at radius 3 is 2.96 bits per heavy atom. The monoisotopic (exact) mass is 401 g/mol. The largest absolute Gasteiger partial charge is 0.472 e.